The molecular weight excluding hydrogens is 635 g/mol. The Kier molecular flexibility index (Phi) is 13.5. The van der Waals surface area contributed by atoms with Crippen molar-refractivity contribution in [1.82, 2.24) is 0 Å². The van der Waals surface area contributed by atoms with Crippen LogP contribution < -0.4 is 0 Å². The van der Waals surface area contributed by atoms with Gasteiger partial charge in [-0.2, -0.15) is 12.6 Å². The summed E-state index contributed by atoms with van der Waals surface area (Å²) in [6.07, 6.45) is 14.6. The third-order valence-electron chi connectivity index (χ3n) is 8.86. The second-order valence-electron chi connectivity index (χ2n) is 13.2. The highest BCUT2D eigenvalue weighted by molar-refractivity contribution is 7.79. The number of benzene rings is 6. The Balaban J connectivity index is 0.000000909. The molecule has 0 radical (unpaired) electrons. The van der Waals surface area contributed by atoms with Crippen molar-refractivity contribution in [3.8, 4) is 22.3 Å². The van der Waals surface area contributed by atoms with Gasteiger partial charge in [0.25, 0.3) is 0 Å². The molecule has 0 aliphatic carbocycles. The van der Waals surface area contributed by atoms with E-state index in [2.05, 4.69) is 175 Å². The molecule has 0 fully saturated rings. The van der Waals surface area contributed by atoms with E-state index in [-0.39, 0.29) is 5.41 Å². The van der Waals surface area contributed by atoms with Crippen molar-refractivity contribution < 1.29 is 0 Å². The number of hydrogen-bond acceptors (Lipinski definition) is 2. The maximum atomic E-state index is 7.35. The summed E-state index contributed by atoms with van der Waals surface area (Å²) in [6, 6.07) is 40.4. The largest absolute Gasteiger partial charge is 0.309 e. The lowest BCUT2D eigenvalue weighted by atomic mass is 9.83. The van der Waals surface area contributed by atoms with E-state index in [1.165, 1.54) is 71.9 Å². The maximum absolute atomic E-state index is 7.35. The van der Waals surface area contributed by atoms with Crippen molar-refractivity contribution in [3.63, 3.8) is 0 Å². The summed E-state index contributed by atoms with van der Waals surface area (Å²) in [6.45, 7) is 21.5. The Bertz CT molecular complexity index is 2190. The molecule has 0 spiro atoms. The average Bonchev–Trinajstić information content (AvgIpc) is 3.16. The van der Waals surface area contributed by atoms with Gasteiger partial charge < -0.3 is 5.41 Å². The van der Waals surface area contributed by atoms with E-state index in [1.807, 2.05) is 6.08 Å². The van der Waals surface area contributed by atoms with Crippen LogP contribution in [0, 0.1) is 5.41 Å². The molecular formula is C49H49NS. The zero-order valence-corrected chi connectivity index (χ0v) is 31.3. The first kappa shape index (κ1) is 38.4. The Hall–Kier alpha value is -5.44. The molecule has 6 rings (SSSR count). The van der Waals surface area contributed by atoms with Crippen LogP contribution in [0.25, 0.3) is 54.6 Å². The first-order valence-electron chi connectivity index (χ1n) is 17.1. The number of nitrogens with one attached hydrogen (secondary N) is 1. The van der Waals surface area contributed by atoms with Crippen LogP contribution in [0.1, 0.15) is 31.9 Å². The molecule has 0 bridgehead atoms. The molecule has 6 aromatic carbocycles. The van der Waals surface area contributed by atoms with Crippen molar-refractivity contribution in [3.05, 3.63) is 194 Å². The first-order valence-corrected chi connectivity index (χ1v) is 18.0. The van der Waals surface area contributed by atoms with Gasteiger partial charge in [0.15, 0.2) is 0 Å². The van der Waals surface area contributed by atoms with Crippen LogP contribution in [0.5, 0.6) is 0 Å². The molecule has 0 saturated heterocycles. The minimum absolute atomic E-state index is 0.112. The predicted molar refractivity (Wildman–Crippen MR) is 233 cm³/mol. The van der Waals surface area contributed by atoms with Gasteiger partial charge in [-0.1, -0.05) is 181 Å². The van der Waals surface area contributed by atoms with E-state index < -0.39 is 0 Å². The molecule has 0 amide bonds. The minimum atomic E-state index is 0.112. The molecule has 1 N–H and O–H groups in total. The molecule has 0 atom stereocenters. The second-order valence-corrected chi connectivity index (χ2v) is 13.2. The van der Waals surface area contributed by atoms with Gasteiger partial charge in [-0.3, -0.25) is 0 Å². The summed E-state index contributed by atoms with van der Waals surface area (Å²) in [4.78, 5) is 0. The van der Waals surface area contributed by atoms with Crippen LogP contribution in [0.15, 0.2) is 183 Å². The summed E-state index contributed by atoms with van der Waals surface area (Å²) in [5.74, 6) is 0. The van der Waals surface area contributed by atoms with Gasteiger partial charge in [0.05, 0.1) is 0 Å². The number of allylic oxidation sites excluding steroid dienone is 8. The summed E-state index contributed by atoms with van der Waals surface area (Å²) in [5, 5.41) is 14.9. The average molecular weight is 684 g/mol. The van der Waals surface area contributed by atoms with Crippen LogP contribution in [-0.2, 0) is 11.8 Å². The Morgan fingerprint density at radius 2 is 1.18 bits per heavy atom. The lowest BCUT2D eigenvalue weighted by Gasteiger charge is -2.21. The lowest BCUT2D eigenvalue weighted by molar-refractivity contribution is 0.590. The third-order valence-corrected chi connectivity index (χ3v) is 8.86. The lowest BCUT2D eigenvalue weighted by Crippen LogP contribution is -2.10. The van der Waals surface area contributed by atoms with E-state index in [0.717, 1.165) is 17.6 Å². The molecule has 0 heterocycles. The molecule has 1 nitrogen and oxygen atoms in total. The number of thiol groups is 1. The fraction of sp³-hybridized carbons (Fsp3) is 0.122. The quantitative estimate of drug-likeness (QED) is 0.0656. The second kappa shape index (κ2) is 18.0. The topological polar surface area (TPSA) is 23.9 Å². The highest BCUT2D eigenvalue weighted by Crippen LogP contribution is 2.44. The summed E-state index contributed by atoms with van der Waals surface area (Å²) in [5.41, 5.74) is 9.43. The molecule has 2 heteroatoms. The fourth-order valence-electron chi connectivity index (χ4n) is 6.30. The highest BCUT2D eigenvalue weighted by atomic mass is 32.1. The number of rotatable bonds is 9. The molecule has 0 aromatic heterocycles. The van der Waals surface area contributed by atoms with Gasteiger partial charge in [0.2, 0.25) is 0 Å². The number of fused-ring (bicyclic) bond motifs is 3. The van der Waals surface area contributed by atoms with E-state index in [4.69, 9.17) is 5.41 Å². The monoisotopic (exact) mass is 683 g/mol. The van der Waals surface area contributed by atoms with Crippen molar-refractivity contribution >= 4 is 51.2 Å². The van der Waals surface area contributed by atoms with E-state index >= 15 is 0 Å². The Morgan fingerprint density at radius 3 is 1.67 bits per heavy atom. The zero-order valence-electron chi connectivity index (χ0n) is 30.4. The van der Waals surface area contributed by atoms with Crippen molar-refractivity contribution in [2.24, 2.45) is 0 Å². The van der Waals surface area contributed by atoms with Gasteiger partial charge in [-0.15, -0.1) is 0 Å². The van der Waals surface area contributed by atoms with Crippen molar-refractivity contribution in [2.75, 3.05) is 6.26 Å². The van der Waals surface area contributed by atoms with Crippen LogP contribution in [0.4, 0.5) is 0 Å². The van der Waals surface area contributed by atoms with Gasteiger partial charge in [-0.25, -0.2) is 0 Å². The SMILES string of the molecule is C=C/C(=C\C=N)C(=C)/C=C\Cc1ccc2ccc(-c3c4ccccc4c(-c4ccc(C(C)(C)C)cc4)c4ccccc34)cc2c1.C=CC=C.CS. The van der Waals surface area contributed by atoms with Crippen molar-refractivity contribution in [1.29, 1.82) is 5.41 Å². The summed E-state index contributed by atoms with van der Waals surface area (Å²) >= 11 is 3.53. The standard InChI is InChI=1S/C44H39N.C4H6.CH4S/c1-6-32(26-27-45)30(2)12-11-13-31-18-19-33-20-21-35(29-36(33)28-31)43-40-16-9-7-14-38(40)42(39-15-8-10-17-41(39)43)34-22-24-37(25-23-34)44(3,4)5;1-3-4-2;1-2/h6-12,14-29,45H,1-2,13H2,3-5H3;3-4H,1-2H2;2H,1H3/b12-11-,32-26+,45-27?;;. The first-order chi connectivity index (χ1) is 24.7. The molecule has 0 aliphatic heterocycles. The molecule has 0 unspecified atom stereocenters. The summed E-state index contributed by atoms with van der Waals surface area (Å²) < 4.78 is 0. The molecule has 51 heavy (non-hydrogen) atoms. The van der Waals surface area contributed by atoms with Crippen LogP contribution in [-0.4, -0.2) is 12.5 Å². The minimum Gasteiger partial charge on any atom is -0.309 e. The Morgan fingerprint density at radius 1 is 0.667 bits per heavy atom. The molecule has 6 aromatic rings. The van der Waals surface area contributed by atoms with Gasteiger partial charge >= 0.3 is 0 Å². The van der Waals surface area contributed by atoms with Crippen LogP contribution in [0.3, 0.4) is 0 Å². The zero-order chi connectivity index (χ0) is 37.0. The normalized spacial score (nSPS) is 11.4. The molecule has 0 aliphatic rings. The number of hydrogen-bond donors (Lipinski definition) is 2. The Labute approximate surface area is 310 Å². The highest BCUT2D eigenvalue weighted by Gasteiger charge is 2.18. The van der Waals surface area contributed by atoms with Crippen molar-refractivity contribution in [2.45, 2.75) is 32.6 Å². The molecule has 256 valence electrons. The summed E-state index contributed by atoms with van der Waals surface area (Å²) in [7, 11) is 0. The van der Waals surface area contributed by atoms with E-state index in [0.29, 0.717) is 0 Å². The smallest absolute Gasteiger partial charge is 0.0183 e. The van der Waals surface area contributed by atoms with Crippen LogP contribution >= 0.6 is 12.6 Å². The third kappa shape index (κ3) is 9.03. The fourth-order valence-corrected chi connectivity index (χ4v) is 6.30. The van der Waals surface area contributed by atoms with Crippen LogP contribution in [0.2, 0.25) is 0 Å². The van der Waals surface area contributed by atoms with E-state index in [9.17, 15) is 0 Å². The predicted octanol–water partition coefficient (Wildman–Crippen LogP) is 14.1. The molecule has 0 saturated carbocycles. The van der Waals surface area contributed by atoms with Gasteiger partial charge in [0.1, 0.15) is 0 Å². The van der Waals surface area contributed by atoms with E-state index in [1.54, 1.807) is 30.6 Å². The van der Waals surface area contributed by atoms with Gasteiger partial charge in [0, 0.05) is 6.21 Å². The maximum Gasteiger partial charge on any atom is 0.0183 e. The van der Waals surface area contributed by atoms with Gasteiger partial charge in [-0.05, 0) is 107 Å².